The zero-order valence-corrected chi connectivity index (χ0v) is 16.1. The molecule has 4 rings (SSSR count). The highest BCUT2D eigenvalue weighted by molar-refractivity contribution is 5.95. The number of esters is 1. The minimum Gasteiger partial charge on any atom is -0.493 e. The molecule has 0 saturated heterocycles. The Bertz CT molecular complexity index is 1040. The zero-order valence-electron chi connectivity index (χ0n) is 16.1. The van der Waals surface area contributed by atoms with Gasteiger partial charge in [0.25, 0.3) is 5.91 Å². The van der Waals surface area contributed by atoms with Crippen LogP contribution in [0.5, 0.6) is 5.75 Å². The maximum Gasteiger partial charge on any atom is 0.363 e. The number of aromatic nitrogens is 2. The van der Waals surface area contributed by atoms with Gasteiger partial charge in [-0.05, 0) is 54.7 Å². The largest absolute Gasteiger partial charge is 0.493 e. The van der Waals surface area contributed by atoms with Gasteiger partial charge in [-0.3, -0.25) is 4.79 Å². The fourth-order valence-corrected chi connectivity index (χ4v) is 3.41. The summed E-state index contributed by atoms with van der Waals surface area (Å²) in [6.45, 7) is -0.405. The number of para-hydroxylation sites is 1. The highest BCUT2D eigenvalue weighted by atomic mass is 16.5. The van der Waals surface area contributed by atoms with E-state index >= 15 is 0 Å². The third-order valence-corrected chi connectivity index (χ3v) is 4.83. The van der Waals surface area contributed by atoms with E-state index in [-0.39, 0.29) is 11.4 Å². The summed E-state index contributed by atoms with van der Waals surface area (Å²) < 4.78 is 11.9. The summed E-state index contributed by atoms with van der Waals surface area (Å²) in [6, 6.07) is 15.2. The lowest BCUT2D eigenvalue weighted by atomic mass is 10.1. The molecule has 0 fully saturated rings. The van der Waals surface area contributed by atoms with Gasteiger partial charge in [0.05, 0.1) is 19.0 Å². The Hall–Kier alpha value is -3.61. The average molecular weight is 391 g/mol. The van der Waals surface area contributed by atoms with Gasteiger partial charge in [-0.25, -0.2) is 9.48 Å². The summed E-state index contributed by atoms with van der Waals surface area (Å²) in [5.74, 6) is -0.851. The first-order valence-corrected chi connectivity index (χ1v) is 9.42. The SMILES string of the molecule is COc1cn(-c2ccccc2)nc1C(=O)OCC(=O)Nc1ccc2c(c1)CCC2. The molecule has 7 heteroatoms. The van der Waals surface area contributed by atoms with Gasteiger partial charge >= 0.3 is 5.97 Å². The number of methoxy groups -OCH3 is 1. The topological polar surface area (TPSA) is 82.5 Å². The van der Waals surface area contributed by atoms with E-state index in [1.165, 1.54) is 22.9 Å². The number of aryl methyl sites for hydroxylation is 2. The molecular weight excluding hydrogens is 370 g/mol. The summed E-state index contributed by atoms with van der Waals surface area (Å²) in [4.78, 5) is 24.6. The molecule has 0 saturated carbocycles. The van der Waals surface area contributed by atoms with E-state index < -0.39 is 18.5 Å². The fraction of sp³-hybridized carbons (Fsp3) is 0.227. The lowest BCUT2D eigenvalue weighted by Crippen LogP contribution is -2.21. The molecule has 148 valence electrons. The summed E-state index contributed by atoms with van der Waals surface area (Å²) in [7, 11) is 1.45. The van der Waals surface area contributed by atoms with Gasteiger partial charge in [-0.2, -0.15) is 5.10 Å². The van der Waals surface area contributed by atoms with Crippen LogP contribution < -0.4 is 10.1 Å². The number of hydrogen-bond acceptors (Lipinski definition) is 5. The molecule has 2 aromatic carbocycles. The van der Waals surface area contributed by atoms with Gasteiger partial charge in [0.15, 0.2) is 12.4 Å². The third-order valence-electron chi connectivity index (χ3n) is 4.83. The molecule has 1 aliphatic carbocycles. The number of anilines is 1. The molecule has 1 aliphatic rings. The van der Waals surface area contributed by atoms with Gasteiger partial charge in [0, 0.05) is 5.69 Å². The monoisotopic (exact) mass is 391 g/mol. The second kappa shape index (κ2) is 8.18. The van der Waals surface area contributed by atoms with Crippen LogP contribution in [0.15, 0.2) is 54.7 Å². The number of nitrogens with one attached hydrogen (secondary N) is 1. The van der Waals surface area contributed by atoms with E-state index in [2.05, 4.69) is 10.4 Å². The molecule has 29 heavy (non-hydrogen) atoms. The molecule has 0 bridgehead atoms. The Balaban J connectivity index is 1.39. The van der Waals surface area contributed by atoms with Crippen LogP contribution in [0.4, 0.5) is 5.69 Å². The van der Waals surface area contributed by atoms with Gasteiger partial charge in [0.2, 0.25) is 5.69 Å². The lowest BCUT2D eigenvalue weighted by Gasteiger charge is -2.08. The number of rotatable bonds is 6. The molecule has 0 radical (unpaired) electrons. The van der Waals surface area contributed by atoms with Crippen molar-refractivity contribution in [1.29, 1.82) is 0 Å². The first-order valence-electron chi connectivity index (χ1n) is 9.42. The molecule has 0 spiro atoms. The number of nitrogens with zero attached hydrogens (tertiary/aromatic N) is 2. The molecule has 0 atom stereocenters. The standard InChI is InChI=1S/C22H21N3O4/c1-28-19-13-25(18-8-3-2-4-9-18)24-21(19)22(27)29-14-20(26)23-17-11-10-15-6-5-7-16(15)12-17/h2-4,8-13H,5-7,14H2,1H3,(H,23,26). The van der Waals surface area contributed by atoms with Crippen LogP contribution in [0.1, 0.15) is 28.0 Å². The number of ether oxygens (including phenoxy) is 2. The molecule has 1 amide bonds. The van der Waals surface area contributed by atoms with Crippen molar-refractivity contribution < 1.29 is 19.1 Å². The summed E-state index contributed by atoms with van der Waals surface area (Å²) >= 11 is 0. The normalized spacial score (nSPS) is 12.3. The quantitative estimate of drug-likeness (QED) is 0.653. The Morgan fingerprint density at radius 1 is 1.10 bits per heavy atom. The molecule has 1 heterocycles. The maximum absolute atomic E-state index is 12.4. The number of hydrogen-bond donors (Lipinski definition) is 1. The van der Waals surface area contributed by atoms with E-state index in [0.717, 1.165) is 24.9 Å². The van der Waals surface area contributed by atoms with Gasteiger partial charge in [-0.15, -0.1) is 0 Å². The Morgan fingerprint density at radius 2 is 1.90 bits per heavy atom. The van der Waals surface area contributed by atoms with Crippen molar-refractivity contribution in [2.45, 2.75) is 19.3 Å². The fourth-order valence-electron chi connectivity index (χ4n) is 3.41. The van der Waals surface area contributed by atoms with Crippen molar-refractivity contribution in [3.63, 3.8) is 0 Å². The summed E-state index contributed by atoms with van der Waals surface area (Å²) in [5.41, 5.74) is 4.09. The maximum atomic E-state index is 12.4. The summed E-state index contributed by atoms with van der Waals surface area (Å²) in [5, 5.41) is 7.00. The lowest BCUT2D eigenvalue weighted by molar-refractivity contribution is -0.119. The predicted octanol–water partition coefficient (Wildman–Crippen LogP) is 3.17. The second-order valence-corrected chi connectivity index (χ2v) is 6.79. The van der Waals surface area contributed by atoms with E-state index in [0.29, 0.717) is 5.69 Å². The minimum atomic E-state index is -0.722. The molecule has 7 nitrogen and oxygen atoms in total. The zero-order chi connectivity index (χ0) is 20.2. The van der Waals surface area contributed by atoms with Crippen LogP contribution in [-0.2, 0) is 22.4 Å². The van der Waals surface area contributed by atoms with Crippen LogP contribution in [0.3, 0.4) is 0 Å². The van der Waals surface area contributed by atoms with Crippen LogP contribution in [0, 0.1) is 0 Å². The van der Waals surface area contributed by atoms with E-state index in [9.17, 15) is 9.59 Å². The van der Waals surface area contributed by atoms with Gasteiger partial charge in [-0.1, -0.05) is 24.3 Å². The summed E-state index contributed by atoms with van der Waals surface area (Å²) in [6.07, 6.45) is 4.84. The molecular formula is C22H21N3O4. The minimum absolute atomic E-state index is 0.0154. The predicted molar refractivity (Wildman–Crippen MR) is 107 cm³/mol. The van der Waals surface area contributed by atoms with Crippen molar-refractivity contribution in [3.8, 4) is 11.4 Å². The molecule has 1 N–H and O–H groups in total. The third kappa shape index (κ3) is 4.13. The van der Waals surface area contributed by atoms with E-state index in [1.807, 2.05) is 48.5 Å². The van der Waals surface area contributed by atoms with Crippen LogP contribution >= 0.6 is 0 Å². The van der Waals surface area contributed by atoms with Gasteiger partial charge < -0.3 is 14.8 Å². The second-order valence-electron chi connectivity index (χ2n) is 6.79. The van der Waals surface area contributed by atoms with Crippen molar-refractivity contribution in [1.82, 2.24) is 9.78 Å². The van der Waals surface area contributed by atoms with Crippen molar-refractivity contribution >= 4 is 17.6 Å². The molecule has 0 aliphatic heterocycles. The number of carbonyl (C=O) groups is 2. The van der Waals surface area contributed by atoms with Crippen LogP contribution in [0.25, 0.3) is 5.69 Å². The van der Waals surface area contributed by atoms with E-state index in [4.69, 9.17) is 9.47 Å². The van der Waals surface area contributed by atoms with Crippen LogP contribution in [0.2, 0.25) is 0 Å². The Kier molecular flexibility index (Phi) is 5.29. The number of amides is 1. The first-order chi connectivity index (χ1) is 14.1. The number of fused-ring (bicyclic) bond motifs is 1. The molecule has 0 unspecified atom stereocenters. The van der Waals surface area contributed by atoms with Gasteiger partial charge in [0.1, 0.15) is 0 Å². The van der Waals surface area contributed by atoms with E-state index in [1.54, 1.807) is 6.20 Å². The molecule has 1 aromatic heterocycles. The van der Waals surface area contributed by atoms with Crippen LogP contribution in [-0.4, -0.2) is 35.4 Å². The Morgan fingerprint density at radius 3 is 2.69 bits per heavy atom. The smallest absolute Gasteiger partial charge is 0.363 e. The van der Waals surface area contributed by atoms with Crippen molar-refractivity contribution in [2.75, 3.05) is 19.0 Å². The number of benzene rings is 2. The highest BCUT2D eigenvalue weighted by Crippen LogP contribution is 2.25. The number of carbonyl (C=O) groups excluding carboxylic acids is 2. The van der Waals surface area contributed by atoms with Crippen molar-refractivity contribution in [2.24, 2.45) is 0 Å². The Labute approximate surface area is 168 Å². The van der Waals surface area contributed by atoms with Crippen molar-refractivity contribution in [3.05, 3.63) is 71.5 Å². The highest BCUT2D eigenvalue weighted by Gasteiger charge is 2.21. The molecule has 3 aromatic rings. The first kappa shape index (κ1) is 18.7. The average Bonchev–Trinajstić information content (AvgIpc) is 3.39.